The van der Waals surface area contributed by atoms with Crippen LogP contribution in [0.4, 0.5) is 11.8 Å². The normalized spacial score (nSPS) is 23.8. The first kappa shape index (κ1) is 19.6. The summed E-state index contributed by atoms with van der Waals surface area (Å²) in [4.78, 5) is 18.7. The molecule has 3 atom stereocenters. The number of aryl methyl sites for hydroxylation is 2. The number of pyridine rings is 1. The lowest BCUT2D eigenvalue weighted by Gasteiger charge is -2.20. The van der Waals surface area contributed by atoms with Crippen LogP contribution in [0, 0.1) is 19.8 Å². The maximum atomic E-state index is 10.5. The van der Waals surface area contributed by atoms with E-state index in [0.717, 1.165) is 45.0 Å². The second-order valence-electron chi connectivity index (χ2n) is 8.38. The number of nitrogens with zero attached hydrogens (tertiary/aromatic N) is 4. The molecule has 2 aliphatic rings. The van der Waals surface area contributed by atoms with Crippen LogP contribution in [-0.4, -0.2) is 54.9 Å². The molecule has 0 saturated heterocycles. The Morgan fingerprint density at radius 2 is 1.93 bits per heavy atom. The van der Waals surface area contributed by atoms with Gasteiger partial charge >= 0.3 is 0 Å². The predicted molar refractivity (Wildman–Crippen MR) is 118 cm³/mol. The third-order valence-electron chi connectivity index (χ3n) is 5.91. The van der Waals surface area contributed by atoms with Crippen LogP contribution in [0.25, 0.3) is 20.8 Å². The Balaban J connectivity index is 1.56. The van der Waals surface area contributed by atoms with E-state index in [-0.39, 0.29) is 18.6 Å². The second-order valence-corrected chi connectivity index (χ2v) is 9.41. The number of nitrogens with one attached hydrogen (secondary N) is 2. The lowest BCUT2D eigenvalue weighted by atomic mass is 10.1. The van der Waals surface area contributed by atoms with Gasteiger partial charge < -0.3 is 20.8 Å². The number of anilines is 2. The molecule has 3 heterocycles. The van der Waals surface area contributed by atoms with E-state index in [1.807, 2.05) is 19.9 Å². The molecule has 3 aromatic heterocycles. The molecule has 4 N–H and O–H groups in total. The molecule has 30 heavy (non-hydrogen) atoms. The SMILES string of the molecule is Cc1nc(NC2CC2)nc(N[C@@H]2C[C@H](CO)C[C@H]2O)c1-c1nc2c(C)nccc2s1. The fourth-order valence-corrected chi connectivity index (χ4v) is 5.21. The topological polar surface area (TPSA) is 116 Å². The van der Waals surface area contributed by atoms with Crippen LogP contribution in [0.1, 0.15) is 37.1 Å². The van der Waals surface area contributed by atoms with Gasteiger partial charge in [0.05, 0.1) is 33.8 Å². The van der Waals surface area contributed by atoms with Gasteiger partial charge in [0.2, 0.25) is 5.95 Å². The van der Waals surface area contributed by atoms with Gasteiger partial charge in [0.1, 0.15) is 16.3 Å². The summed E-state index contributed by atoms with van der Waals surface area (Å²) in [6.07, 6.45) is 4.84. The zero-order chi connectivity index (χ0) is 20.8. The van der Waals surface area contributed by atoms with Gasteiger partial charge in [-0.05, 0) is 51.5 Å². The molecule has 0 radical (unpaired) electrons. The summed E-state index contributed by atoms with van der Waals surface area (Å²) in [5, 5.41) is 27.7. The molecule has 2 fully saturated rings. The van der Waals surface area contributed by atoms with E-state index in [0.29, 0.717) is 30.6 Å². The molecule has 8 nitrogen and oxygen atoms in total. The van der Waals surface area contributed by atoms with Crippen LogP contribution in [0.3, 0.4) is 0 Å². The Hall–Kier alpha value is -2.36. The van der Waals surface area contributed by atoms with E-state index in [1.54, 1.807) is 17.5 Å². The van der Waals surface area contributed by atoms with Crippen molar-refractivity contribution in [3.05, 3.63) is 23.7 Å². The van der Waals surface area contributed by atoms with Crippen molar-refractivity contribution in [2.75, 3.05) is 17.2 Å². The van der Waals surface area contributed by atoms with E-state index in [1.165, 1.54) is 0 Å². The largest absolute Gasteiger partial charge is 0.396 e. The highest BCUT2D eigenvalue weighted by Crippen LogP contribution is 2.38. The lowest BCUT2D eigenvalue weighted by molar-refractivity contribution is 0.157. The average molecular weight is 427 g/mol. The Bertz CT molecular complexity index is 1080. The quantitative estimate of drug-likeness (QED) is 0.475. The zero-order valence-corrected chi connectivity index (χ0v) is 17.9. The summed E-state index contributed by atoms with van der Waals surface area (Å²) < 4.78 is 1.07. The van der Waals surface area contributed by atoms with Gasteiger partial charge in [0, 0.05) is 18.8 Å². The van der Waals surface area contributed by atoms with Crippen molar-refractivity contribution in [3.63, 3.8) is 0 Å². The number of hydrogen-bond donors (Lipinski definition) is 4. The molecular formula is C21H26N6O2S. The molecule has 0 spiro atoms. The number of aromatic nitrogens is 4. The molecule has 158 valence electrons. The van der Waals surface area contributed by atoms with E-state index in [4.69, 9.17) is 15.0 Å². The first-order valence-corrected chi connectivity index (χ1v) is 11.3. The van der Waals surface area contributed by atoms with Crippen molar-refractivity contribution in [1.29, 1.82) is 0 Å². The molecule has 0 aliphatic heterocycles. The van der Waals surface area contributed by atoms with E-state index >= 15 is 0 Å². The summed E-state index contributed by atoms with van der Waals surface area (Å²) in [6, 6.07) is 2.25. The fourth-order valence-electron chi connectivity index (χ4n) is 4.10. The molecular weight excluding hydrogens is 400 g/mol. The molecule has 9 heteroatoms. The highest BCUT2D eigenvalue weighted by molar-refractivity contribution is 7.21. The molecule has 0 aromatic carbocycles. The number of hydrogen-bond acceptors (Lipinski definition) is 9. The fraction of sp³-hybridized carbons (Fsp3) is 0.524. The molecule has 5 rings (SSSR count). The van der Waals surface area contributed by atoms with Crippen molar-refractivity contribution in [2.24, 2.45) is 5.92 Å². The Morgan fingerprint density at radius 3 is 2.63 bits per heavy atom. The van der Waals surface area contributed by atoms with E-state index in [2.05, 4.69) is 15.6 Å². The van der Waals surface area contributed by atoms with Crippen LogP contribution in [0.2, 0.25) is 0 Å². The van der Waals surface area contributed by atoms with Crippen LogP contribution >= 0.6 is 11.3 Å². The number of aliphatic hydroxyl groups excluding tert-OH is 2. The molecule has 2 saturated carbocycles. The van der Waals surface area contributed by atoms with Crippen LogP contribution in [-0.2, 0) is 0 Å². The molecule has 3 aromatic rings. The van der Waals surface area contributed by atoms with Crippen molar-refractivity contribution < 1.29 is 10.2 Å². The lowest BCUT2D eigenvalue weighted by Crippen LogP contribution is -2.29. The third-order valence-corrected chi connectivity index (χ3v) is 6.95. The minimum Gasteiger partial charge on any atom is -0.396 e. The summed E-state index contributed by atoms with van der Waals surface area (Å²) >= 11 is 1.59. The van der Waals surface area contributed by atoms with Gasteiger partial charge in [-0.3, -0.25) is 4.98 Å². The standard InChI is InChI=1S/C21H26N6O2S/c1-10-17(20-26-18-11(2)22-6-5-16(18)30-20)19(27-21(23-10)24-13-3-4-13)25-14-7-12(9-28)8-15(14)29/h5-6,12-15,28-29H,3-4,7-9H2,1-2H3,(H2,23,24,25,27)/t12-,14+,15+/m0/s1. The van der Waals surface area contributed by atoms with Crippen molar-refractivity contribution in [1.82, 2.24) is 19.9 Å². The molecule has 0 amide bonds. The Kier molecular flexibility index (Phi) is 5.04. The minimum atomic E-state index is -0.521. The predicted octanol–water partition coefficient (Wildman–Crippen LogP) is 2.88. The van der Waals surface area contributed by atoms with Gasteiger partial charge in [-0.15, -0.1) is 11.3 Å². The number of rotatable bonds is 6. The van der Waals surface area contributed by atoms with E-state index in [9.17, 15) is 10.2 Å². The zero-order valence-electron chi connectivity index (χ0n) is 17.1. The smallest absolute Gasteiger partial charge is 0.225 e. The van der Waals surface area contributed by atoms with Crippen LogP contribution in [0.5, 0.6) is 0 Å². The maximum absolute atomic E-state index is 10.5. The second kappa shape index (κ2) is 7.72. The minimum absolute atomic E-state index is 0.0868. The van der Waals surface area contributed by atoms with Crippen LogP contribution in [0.15, 0.2) is 12.3 Å². The first-order chi connectivity index (χ1) is 14.5. The van der Waals surface area contributed by atoms with Gasteiger partial charge in [-0.2, -0.15) is 4.98 Å². The number of aliphatic hydroxyl groups is 2. The molecule has 0 bridgehead atoms. The number of thiazole rings is 1. The van der Waals surface area contributed by atoms with Crippen LogP contribution < -0.4 is 10.6 Å². The molecule has 0 unspecified atom stereocenters. The van der Waals surface area contributed by atoms with Gasteiger partial charge in [-0.1, -0.05) is 0 Å². The maximum Gasteiger partial charge on any atom is 0.225 e. The summed E-state index contributed by atoms with van der Waals surface area (Å²) in [5.41, 5.74) is 3.49. The number of fused-ring (bicyclic) bond motifs is 1. The van der Waals surface area contributed by atoms with Gasteiger partial charge in [0.25, 0.3) is 0 Å². The molecule has 2 aliphatic carbocycles. The average Bonchev–Trinajstić information content (AvgIpc) is 3.29. The third kappa shape index (κ3) is 3.73. The summed E-state index contributed by atoms with van der Waals surface area (Å²) in [7, 11) is 0. The Morgan fingerprint density at radius 1 is 1.10 bits per heavy atom. The highest BCUT2D eigenvalue weighted by atomic mass is 32.1. The van der Waals surface area contributed by atoms with Crippen molar-refractivity contribution in [3.8, 4) is 10.6 Å². The first-order valence-electron chi connectivity index (χ1n) is 10.4. The van der Waals surface area contributed by atoms with Crippen molar-refractivity contribution in [2.45, 2.75) is 57.7 Å². The highest BCUT2D eigenvalue weighted by Gasteiger charge is 2.34. The summed E-state index contributed by atoms with van der Waals surface area (Å²) in [5.74, 6) is 1.38. The summed E-state index contributed by atoms with van der Waals surface area (Å²) in [6.45, 7) is 4.02. The Labute approximate surface area is 178 Å². The van der Waals surface area contributed by atoms with Gasteiger partial charge in [0.15, 0.2) is 0 Å². The van der Waals surface area contributed by atoms with Crippen molar-refractivity contribution >= 4 is 33.3 Å². The van der Waals surface area contributed by atoms with Gasteiger partial charge in [-0.25, -0.2) is 9.97 Å². The van der Waals surface area contributed by atoms with E-state index < -0.39 is 6.10 Å². The monoisotopic (exact) mass is 426 g/mol.